The highest BCUT2D eigenvalue weighted by atomic mass is 32.1. The van der Waals surface area contributed by atoms with Crippen molar-refractivity contribution in [1.29, 1.82) is 0 Å². The van der Waals surface area contributed by atoms with Gasteiger partial charge in [0.1, 0.15) is 18.0 Å². The van der Waals surface area contributed by atoms with E-state index in [1.807, 2.05) is 30.3 Å². The van der Waals surface area contributed by atoms with Crippen molar-refractivity contribution >= 4 is 41.0 Å². The lowest BCUT2D eigenvalue weighted by molar-refractivity contribution is -0.140. The van der Waals surface area contributed by atoms with Crippen LogP contribution in [0.4, 0.5) is 5.69 Å². The molecule has 0 aliphatic carbocycles. The zero-order valence-electron chi connectivity index (χ0n) is 14.9. The fourth-order valence-electron chi connectivity index (χ4n) is 2.69. The Morgan fingerprint density at radius 2 is 1.74 bits per heavy atom. The summed E-state index contributed by atoms with van der Waals surface area (Å²) in [6.45, 7) is -0.146. The van der Waals surface area contributed by atoms with Crippen LogP contribution in [0.15, 0.2) is 60.3 Å². The molecule has 2 aromatic carbocycles. The van der Waals surface area contributed by atoms with Crippen molar-refractivity contribution < 1.29 is 19.1 Å². The summed E-state index contributed by atoms with van der Waals surface area (Å²) in [4.78, 5) is 27.8. The largest absolute Gasteiger partial charge is 0.497 e. The second-order valence-electron chi connectivity index (χ2n) is 5.72. The quantitative estimate of drug-likeness (QED) is 0.450. The lowest BCUT2D eigenvalue weighted by Gasteiger charge is -2.19. The highest BCUT2D eigenvalue weighted by molar-refractivity contribution is 7.80. The highest BCUT2D eigenvalue weighted by Gasteiger charge is 2.40. The number of methoxy groups -OCH3 is 2. The first kappa shape index (κ1) is 18.6. The number of amides is 1. The molecule has 27 heavy (non-hydrogen) atoms. The number of carbonyl (C=O) groups is 2. The van der Waals surface area contributed by atoms with Crippen LogP contribution in [0.3, 0.4) is 0 Å². The van der Waals surface area contributed by atoms with Crippen LogP contribution in [0.5, 0.6) is 5.75 Å². The molecule has 1 aliphatic heterocycles. The Balaban J connectivity index is 2.01. The van der Waals surface area contributed by atoms with Crippen LogP contribution < -0.4 is 9.64 Å². The smallest absolute Gasteiger partial charge is 0.325 e. The zero-order chi connectivity index (χ0) is 19.4. The van der Waals surface area contributed by atoms with Crippen LogP contribution in [0.2, 0.25) is 0 Å². The summed E-state index contributed by atoms with van der Waals surface area (Å²) in [5.41, 5.74) is 1.74. The fraction of sp³-hybridized carbons (Fsp3) is 0.150. The number of benzene rings is 2. The molecule has 0 saturated carbocycles. The van der Waals surface area contributed by atoms with E-state index in [9.17, 15) is 9.59 Å². The molecule has 0 unspecified atom stereocenters. The molecule has 0 aromatic heterocycles. The van der Waals surface area contributed by atoms with Crippen LogP contribution in [-0.2, 0) is 14.3 Å². The number of carbonyl (C=O) groups excluding carboxylic acids is 2. The number of hydrogen-bond acceptors (Lipinski definition) is 5. The molecule has 0 N–H and O–H groups in total. The summed E-state index contributed by atoms with van der Waals surface area (Å²) in [6, 6.07) is 16.3. The van der Waals surface area contributed by atoms with Gasteiger partial charge in [-0.2, -0.15) is 0 Å². The molecule has 2 aromatic rings. The van der Waals surface area contributed by atoms with E-state index in [1.54, 1.807) is 37.5 Å². The Hall–Kier alpha value is -3.19. The van der Waals surface area contributed by atoms with Gasteiger partial charge in [0, 0.05) is 0 Å². The molecule has 1 saturated heterocycles. The van der Waals surface area contributed by atoms with Gasteiger partial charge >= 0.3 is 5.97 Å². The van der Waals surface area contributed by atoms with Crippen LogP contribution in [-0.4, -0.2) is 42.7 Å². The van der Waals surface area contributed by atoms with E-state index in [4.69, 9.17) is 21.7 Å². The molecule has 1 amide bonds. The summed E-state index contributed by atoms with van der Waals surface area (Å²) in [7, 11) is 2.87. The molecule has 0 bridgehead atoms. The van der Waals surface area contributed by atoms with Crippen molar-refractivity contribution in [2.45, 2.75) is 0 Å². The van der Waals surface area contributed by atoms with Gasteiger partial charge in [0.15, 0.2) is 5.11 Å². The number of anilines is 1. The van der Waals surface area contributed by atoms with Gasteiger partial charge in [0.2, 0.25) is 0 Å². The first-order valence-electron chi connectivity index (χ1n) is 8.18. The van der Waals surface area contributed by atoms with E-state index >= 15 is 0 Å². The van der Waals surface area contributed by atoms with Crippen molar-refractivity contribution in [3.8, 4) is 5.75 Å². The summed E-state index contributed by atoms with van der Waals surface area (Å²) >= 11 is 5.49. The molecule has 1 aliphatic rings. The Kier molecular flexibility index (Phi) is 5.52. The monoisotopic (exact) mass is 382 g/mol. The lowest BCUT2D eigenvalue weighted by atomic mass is 10.2. The Morgan fingerprint density at radius 1 is 1.07 bits per heavy atom. The van der Waals surface area contributed by atoms with Gasteiger partial charge in [-0.05, 0) is 48.1 Å². The van der Waals surface area contributed by atoms with Gasteiger partial charge in [0.25, 0.3) is 5.91 Å². The number of thiocarbonyl (C=S) groups is 1. The molecule has 1 fully saturated rings. The number of nitrogens with zero attached hydrogens (tertiary/aromatic N) is 2. The van der Waals surface area contributed by atoms with Crippen molar-refractivity contribution in [2.75, 3.05) is 25.7 Å². The maximum atomic E-state index is 13.1. The first-order chi connectivity index (χ1) is 13.0. The lowest BCUT2D eigenvalue weighted by Crippen LogP contribution is -2.35. The summed E-state index contributed by atoms with van der Waals surface area (Å²) in [5.74, 6) is -0.124. The molecule has 1 heterocycles. The minimum Gasteiger partial charge on any atom is -0.497 e. The van der Waals surface area contributed by atoms with Crippen molar-refractivity contribution in [3.63, 3.8) is 0 Å². The molecule has 3 rings (SSSR count). The van der Waals surface area contributed by atoms with Crippen LogP contribution in [0, 0.1) is 0 Å². The second-order valence-corrected chi connectivity index (χ2v) is 6.09. The minimum absolute atomic E-state index is 0.146. The van der Waals surface area contributed by atoms with Gasteiger partial charge in [-0.15, -0.1) is 0 Å². The summed E-state index contributed by atoms with van der Waals surface area (Å²) in [5, 5.41) is 0.220. The summed E-state index contributed by atoms with van der Waals surface area (Å²) in [6.07, 6.45) is 1.71. The number of hydrogen-bond donors (Lipinski definition) is 0. The normalized spacial score (nSPS) is 15.4. The maximum absolute atomic E-state index is 13.1. The van der Waals surface area contributed by atoms with Gasteiger partial charge in [-0.3, -0.25) is 14.5 Å². The third kappa shape index (κ3) is 3.83. The second kappa shape index (κ2) is 8.01. The van der Waals surface area contributed by atoms with Crippen molar-refractivity contribution in [3.05, 3.63) is 65.9 Å². The Labute approximate surface area is 162 Å². The zero-order valence-corrected chi connectivity index (χ0v) is 15.7. The SMILES string of the molecule is COC(=O)CN1C(=S)N(c2ccc(OC)cc2)C(=O)/C1=C\c1ccccc1. The predicted molar refractivity (Wildman–Crippen MR) is 106 cm³/mol. The van der Waals surface area contributed by atoms with Gasteiger partial charge in [0.05, 0.1) is 19.9 Å². The molecular weight excluding hydrogens is 364 g/mol. The minimum atomic E-state index is -0.485. The molecule has 7 heteroatoms. The predicted octanol–water partition coefficient (Wildman–Crippen LogP) is 2.84. The first-order valence-corrected chi connectivity index (χ1v) is 8.59. The van der Waals surface area contributed by atoms with Gasteiger partial charge in [-0.1, -0.05) is 30.3 Å². The van der Waals surface area contributed by atoms with E-state index in [0.29, 0.717) is 17.1 Å². The highest BCUT2D eigenvalue weighted by Crippen LogP contribution is 2.30. The summed E-state index contributed by atoms with van der Waals surface area (Å²) < 4.78 is 9.91. The van der Waals surface area contributed by atoms with E-state index < -0.39 is 5.97 Å². The molecule has 0 spiro atoms. The molecule has 0 atom stereocenters. The standard InChI is InChI=1S/C20H18N2O4S/c1-25-16-10-8-15(9-11-16)22-19(24)17(12-14-6-4-3-5-7-14)21(20(22)27)13-18(23)26-2/h3-12H,13H2,1-2H3/b17-12+. The van der Waals surface area contributed by atoms with E-state index in [1.165, 1.54) is 16.9 Å². The van der Waals surface area contributed by atoms with E-state index in [-0.39, 0.29) is 17.6 Å². The van der Waals surface area contributed by atoms with Crippen molar-refractivity contribution in [1.82, 2.24) is 4.90 Å². The van der Waals surface area contributed by atoms with Crippen LogP contribution in [0.1, 0.15) is 5.56 Å². The van der Waals surface area contributed by atoms with Crippen molar-refractivity contribution in [2.24, 2.45) is 0 Å². The fourth-order valence-corrected chi connectivity index (χ4v) is 3.04. The van der Waals surface area contributed by atoms with Gasteiger partial charge < -0.3 is 14.4 Å². The number of rotatable bonds is 5. The average molecular weight is 382 g/mol. The molecule has 6 nitrogen and oxygen atoms in total. The van der Waals surface area contributed by atoms with E-state index in [0.717, 1.165) is 5.56 Å². The van der Waals surface area contributed by atoms with Crippen LogP contribution >= 0.6 is 12.2 Å². The molecule has 0 radical (unpaired) electrons. The number of ether oxygens (including phenoxy) is 2. The molecular formula is C20H18N2O4S. The third-order valence-corrected chi connectivity index (χ3v) is 4.49. The average Bonchev–Trinajstić information content (AvgIpc) is 2.92. The molecule has 138 valence electrons. The Bertz CT molecular complexity index is 894. The van der Waals surface area contributed by atoms with E-state index in [2.05, 4.69) is 0 Å². The van der Waals surface area contributed by atoms with Gasteiger partial charge in [-0.25, -0.2) is 0 Å². The van der Waals surface area contributed by atoms with Crippen LogP contribution in [0.25, 0.3) is 6.08 Å². The Morgan fingerprint density at radius 3 is 2.33 bits per heavy atom. The number of esters is 1. The topological polar surface area (TPSA) is 59.1 Å². The third-order valence-electron chi connectivity index (χ3n) is 4.08. The maximum Gasteiger partial charge on any atom is 0.325 e.